The molecule has 0 saturated carbocycles. The highest BCUT2D eigenvalue weighted by atomic mass is 19.1. The molecule has 1 aliphatic heterocycles. The van der Waals surface area contributed by atoms with Crippen molar-refractivity contribution in [1.29, 1.82) is 0 Å². The first-order valence-electron chi connectivity index (χ1n) is 7.07. The lowest BCUT2D eigenvalue weighted by molar-refractivity contribution is 0.0716. The number of piperazine rings is 1. The van der Waals surface area contributed by atoms with Gasteiger partial charge in [-0.1, -0.05) is 19.1 Å². The van der Waals surface area contributed by atoms with E-state index in [0.717, 1.165) is 26.1 Å². The average molecular weight is 280 g/mol. The molecule has 110 valence electrons. The van der Waals surface area contributed by atoms with E-state index in [1.165, 1.54) is 12.1 Å². The Labute approximate surface area is 119 Å². The molecule has 0 aliphatic carbocycles. The third-order valence-electron chi connectivity index (χ3n) is 3.42. The maximum absolute atomic E-state index is 13.0. The van der Waals surface area contributed by atoms with Gasteiger partial charge < -0.3 is 9.64 Å². The summed E-state index contributed by atoms with van der Waals surface area (Å²) in [6.45, 7) is 6.52. The van der Waals surface area contributed by atoms with Gasteiger partial charge in [0.25, 0.3) is 0 Å². The molecule has 4 nitrogen and oxygen atoms in total. The van der Waals surface area contributed by atoms with Gasteiger partial charge in [-0.25, -0.2) is 9.18 Å². The van der Waals surface area contributed by atoms with Crippen molar-refractivity contribution in [1.82, 2.24) is 9.80 Å². The molecule has 1 amide bonds. The smallest absolute Gasteiger partial charge is 0.410 e. The summed E-state index contributed by atoms with van der Waals surface area (Å²) in [5, 5.41) is 0. The minimum Gasteiger partial charge on any atom is -0.445 e. The summed E-state index contributed by atoms with van der Waals surface area (Å²) in [5.74, 6) is -0.313. The third kappa shape index (κ3) is 4.20. The van der Waals surface area contributed by atoms with Crippen molar-refractivity contribution in [2.45, 2.75) is 20.0 Å². The highest BCUT2D eigenvalue weighted by Crippen LogP contribution is 2.08. The fraction of sp³-hybridized carbons (Fsp3) is 0.533. The number of ether oxygens (including phenoxy) is 1. The lowest BCUT2D eigenvalue weighted by atomic mass is 10.2. The van der Waals surface area contributed by atoms with E-state index in [2.05, 4.69) is 11.8 Å². The van der Waals surface area contributed by atoms with Crippen LogP contribution in [0.25, 0.3) is 0 Å². The van der Waals surface area contributed by atoms with E-state index in [1.54, 1.807) is 17.0 Å². The predicted octanol–water partition coefficient (Wildman–Crippen LogP) is 2.49. The fourth-order valence-electron chi connectivity index (χ4n) is 2.33. The lowest BCUT2D eigenvalue weighted by Gasteiger charge is -2.33. The number of carbonyl (C=O) groups is 1. The summed E-state index contributed by atoms with van der Waals surface area (Å²) in [6, 6.07) is 6.11. The van der Waals surface area contributed by atoms with Crippen LogP contribution < -0.4 is 0 Å². The van der Waals surface area contributed by atoms with Crippen molar-refractivity contribution in [3.63, 3.8) is 0 Å². The molecule has 0 atom stereocenters. The van der Waals surface area contributed by atoms with E-state index in [9.17, 15) is 9.18 Å². The number of halogens is 1. The number of hydrogen-bond acceptors (Lipinski definition) is 3. The molecule has 0 bridgehead atoms. The maximum Gasteiger partial charge on any atom is 0.410 e. The van der Waals surface area contributed by atoms with Gasteiger partial charge in [0.2, 0.25) is 0 Å². The molecule has 0 spiro atoms. The van der Waals surface area contributed by atoms with Crippen molar-refractivity contribution in [3.8, 4) is 0 Å². The Morgan fingerprint density at radius 2 is 2.05 bits per heavy atom. The molecule has 0 N–H and O–H groups in total. The van der Waals surface area contributed by atoms with Gasteiger partial charge in [-0.15, -0.1) is 0 Å². The first-order chi connectivity index (χ1) is 9.69. The number of benzene rings is 1. The average Bonchev–Trinajstić information content (AvgIpc) is 2.46. The quantitative estimate of drug-likeness (QED) is 0.849. The summed E-state index contributed by atoms with van der Waals surface area (Å²) < 4.78 is 18.2. The molecule has 2 rings (SSSR count). The van der Waals surface area contributed by atoms with Crippen LogP contribution in [-0.4, -0.2) is 48.6 Å². The van der Waals surface area contributed by atoms with Gasteiger partial charge in [0.1, 0.15) is 12.4 Å². The monoisotopic (exact) mass is 280 g/mol. The summed E-state index contributed by atoms with van der Waals surface area (Å²) in [4.78, 5) is 16.0. The van der Waals surface area contributed by atoms with E-state index < -0.39 is 0 Å². The molecule has 1 aromatic carbocycles. The van der Waals surface area contributed by atoms with Crippen LogP contribution in [0.1, 0.15) is 18.9 Å². The molecule has 20 heavy (non-hydrogen) atoms. The Bertz CT molecular complexity index is 445. The summed E-state index contributed by atoms with van der Waals surface area (Å²) in [6.07, 6.45) is 0.815. The SMILES string of the molecule is CCCN1CCN(C(=O)OCc2cccc(F)c2)CC1. The number of carbonyl (C=O) groups excluding carboxylic acids is 1. The Balaban J connectivity index is 1.76. The molecule has 1 saturated heterocycles. The molecule has 1 aromatic rings. The molecule has 0 aromatic heterocycles. The van der Waals surface area contributed by atoms with Crippen molar-refractivity contribution >= 4 is 6.09 Å². The number of amides is 1. The molecule has 1 heterocycles. The highest BCUT2D eigenvalue weighted by molar-refractivity contribution is 5.67. The van der Waals surface area contributed by atoms with Gasteiger partial charge in [0.15, 0.2) is 0 Å². The number of rotatable bonds is 4. The van der Waals surface area contributed by atoms with Crippen molar-refractivity contribution in [3.05, 3.63) is 35.6 Å². The second-order valence-electron chi connectivity index (χ2n) is 5.01. The number of hydrogen-bond donors (Lipinski definition) is 0. The summed E-state index contributed by atoms with van der Waals surface area (Å²) >= 11 is 0. The van der Waals surface area contributed by atoms with Gasteiger partial charge >= 0.3 is 6.09 Å². The molecule has 0 radical (unpaired) electrons. The van der Waals surface area contributed by atoms with Crippen molar-refractivity contribution in [2.24, 2.45) is 0 Å². The summed E-state index contributed by atoms with van der Waals surface area (Å²) in [5.41, 5.74) is 0.669. The third-order valence-corrected chi connectivity index (χ3v) is 3.42. The summed E-state index contributed by atoms with van der Waals surface area (Å²) in [7, 11) is 0. The van der Waals surface area contributed by atoms with E-state index in [1.807, 2.05) is 0 Å². The second-order valence-corrected chi connectivity index (χ2v) is 5.01. The van der Waals surface area contributed by atoms with Gasteiger partial charge in [-0.05, 0) is 30.7 Å². The Morgan fingerprint density at radius 1 is 1.30 bits per heavy atom. The standard InChI is InChI=1S/C15H21FN2O2/c1-2-6-17-7-9-18(10-8-17)15(19)20-12-13-4-3-5-14(16)11-13/h3-5,11H,2,6-10,12H2,1H3. The first kappa shape index (κ1) is 14.8. The van der Waals surface area contributed by atoms with E-state index in [-0.39, 0.29) is 18.5 Å². The largest absolute Gasteiger partial charge is 0.445 e. The minimum atomic E-state index is -0.314. The zero-order chi connectivity index (χ0) is 14.4. The molecule has 5 heteroatoms. The van der Waals surface area contributed by atoms with Crippen LogP contribution in [0.15, 0.2) is 24.3 Å². The Hall–Kier alpha value is -1.62. The maximum atomic E-state index is 13.0. The topological polar surface area (TPSA) is 32.8 Å². The van der Waals surface area contributed by atoms with Crippen LogP contribution in [-0.2, 0) is 11.3 Å². The van der Waals surface area contributed by atoms with Gasteiger partial charge in [0.05, 0.1) is 0 Å². The van der Waals surface area contributed by atoms with E-state index >= 15 is 0 Å². The van der Waals surface area contributed by atoms with Crippen LogP contribution in [0.4, 0.5) is 9.18 Å². The fourth-order valence-corrected chi connectivity index (χ4v) is 2.33. The molecule has 1 fully saturated rings. The molecule has 0 unspecified atom stereocenters. The second kappa shape index (κ2) is 7.24. The first-order valence-corrected chi connectivity index (χ1v) is 7.07. The van der Waals surface area contributed by atoms with Gasteiger partial charge in [-0.3, -0.25) is 4.90 Å². The number of nitrogens with zero attached hydrogens (tertiary/aromatic N) is 2. The van der Waals surface area contributed by atoms with Crippen LogP contribution in [0.2, 0.25) is 0 Å². The van der Waals surface area contributed by atoms with E-state index in [4.69, 9.17) is 4.74 Å². The molecular weight excluding hydrogens is 259 g/mol. The van der Waals surface area contributed by atoms with Crippen LogP contribution in [0.5, 0.6) is 0 Å². The minimum absolute atomic E-state index is 0.117. The Morgan fingerprint density at radius 3 is 2.70 bits per heavy atom. The van der Waals surface area contributed by atoms with Crippen LogP contribution in [0, 0.1) is 5.82 Å². The lowest BCUT2D eigenvalue weighted by Crippen LogP contribution is -2.48. The zero-order valence-electron chi connectivity index (χ0n) is 11.8. The normalized spacial score (nSPS) is 16.2. The zero-order valence-corrected chi connectivity index (χ0v) is 11.8. The Kier molecular flexibility index (Phi) is 5.35. The van der Waals surface area contributed by atoms with Crippen molar-refractivity contribution in [2.75, 3.05) is 32.7 Å². The predicted molar refractivity (Wildman–Crippen MR) is 74.9 cm³/mol. The van der Waals surface area contributed by atoms with Crippen molar-refractivity contribution < 1.29 is 13.9 Å². The highest BCUT2D eigenvalue weighted by Gasteiger charge is 2.21. The van der Waals surface area contributed by atoms with Gasteiger partial charge in [-0.2, -0.15) is 0 Å². The van der Waals surface area contributed by atoms with Crippen LogP contribution in [0.3, 0.4) is 0 Å². The van der Waals surface area contributed by atoms with Gasteiger partial charge in [0, 0.05) is 26.2 Å². The molecule has 1 aliphatic rings. The molecular formula is C15H21FN2O2. The van der Waals surface area contributed by atoms with E-state index in [0.29, 0.717) is 18.7 Å². The van der Waals surface area contributed by atoms with Crippen LogP contribution >= 0.6 is 0 Å².